The topological polar surface area (TPSA) is 116 Å². The van der Waals surface area contributed by atoms with Gasteiger partial charge in [0.1, 0.15) is 5.82 Å². The van der Waals surface area contributed by atoms with E-state index in [9.17, 15) is 14.4 Å². The summed E-state index contributed by atoms with van der Waals surface area (Å²) in [6.45, 7) is 2.96. The van der Waals surface area contributed by atoms with Crippen LogP contribution in [0.1, 0.15) is 18.5 Å². The highest BCUT2D eigenvalue weighted by molar-refractivity contribution is 6.06. The Kier molecular flexibility index (Phi) is 6.01. The normalized spacial score (nSPS) is 26.4. The van der Waals surface area contributed by atoms with Gasteiger partial charge in [-0.25, -0.2) is 4.98 Å². The van der Waals surface area contributed by atoms with E-state index >= 15 is 0 Å². The van der Waals surface area contributed by atoms with Crippen LogP contribution in [0, 0.1) is 30.6 Å². The molecule has 1 aliphatic heterocycles. The van der Waals surface area contributed by atoms with Crippen LogP contribution < -0.4 is 16.0 Å². The average Bonchev–Trinajstić information content (AvgIpc) is 3.42. The van der Waals surface area contributed by atoms with Crippen LogP contribution in [0.4, 0.5) is 5.82 Å². The number of hydrogen-bond acceptors (Lipinski definition) is 5. The zero-order chi connectivity index (χ0) is 22.0. The maximum atomic E-state index is 12.7. The summed E-state index contributed by atoms with van der Waals surface area (Å²) in [5.41, 5.74) is 0.836. The molecule has 2 aliphatic carbocycles. The van der Waals surface area contributed by atoms with Crippen LogP contribution in [0.3, 0.4) is 0 Å². The summed E-state index contributed by atoms with van der Waals surface area (Å²) in [7, 11) is 1.63. The second-order valence-electron chi connectivity index (χ2n) is 8.22. The van der Waals surface area contributed by atoms with Gasteiger partial charge >= 0.3 is 0 Å². The third-order valence-corrected chi connectivity index (χ3v) is 6.21. The highest BCUT2D eigenvalue weighted by Gasteiger charge is 2.58. The summed E-state index contributed by atoms with van der Waals surface area (Å²) in [5, 5.41) is 8.93. The molecule has 9 heteroatoms. The Morgan fingerprint density at radius 2 is 1.81 bits per heavy atom. The second kappa shape index (κ2) is 8.87. The van der Waals surface area contributed by atoms with Gasteiger partial charge in [-0.1, -0.05) is 18.2 Å². The lowest BCUT2D eigenvalue weighted by Crippen LogP contribution is -2.44. The van der Waals surface area contributed by atoms with E-state index in [1.807, 2.05) is 19.1 Å². The minimum Gasteiger partial charge on any atom is -0.356 e. The smallest absolute Gasteiger partial charge is 0.233 e. The molecule has 0 aromatic carbocycles. The molecule has 3 amide bonds. The number of aromatic nitrogens is 1. The maximum absolute atomic E-state index is 12.7. The molecule has 4 atom stereocenters. The molecule has 2 fully saturated rings. The van der Waals surface area contributed by atoms with Crippen molar-refractivity contribution in [3.8, 4) is 0 Å². The van der Waals surface area contributed by atoms with Gasteiger partial charge in [0.25, 0.3) is 0 Å². The lowest BCUT2D eigenvalue weighted by molar-refractivity contribution is -0.140. The van der Waals surface area contributed by atoms with Crippen molar-refractivity contribution in [2.24, 2.45) is 28.7 Å². The molecule has 3 N–H and O–H groups in total. The highest BCUT2D eigenvalue weighted by atomic mass is 16.2. The first kappa shape index (κ1) is 21.0. The zero-order valence-corrected chi connectivity index (χ0v) is 17.8. The quantitative estimate of drug-likeness (QED) is 0.257. The van der Waals surface area contributed by atoms with Gasteiger partial charge in [-0.15, -0.1) is 0 Å². The fourth-order valence-electron chi connectivity index (χ4n) is 4.80. The van der Waals surface area contributed by atoms with Crippen molar-refractivity contribution in [2.45, 2.75) is 19.8 Å². The molecule has 4 rings (SSSR count). The van der Waals surface area contributed by atoms with E-state index in [0.717, 1.165) is 12.1 Å². The van der Waals surface area contributed by atoms with Gasteiger partial charge in [0.05, 0.1) is 11.8 Å². The number of guanidine groups is 1. The molecule has 9 nitrogen and oxygen atoms in total. The predicted molar refractivity (Wildman–Crippen MR) is 116 cm³/mol. The summed E-state index contributed by atoms with van der Waals surface area (Å²) < 4.78 is 0. The molecule has 0 spiro atoms. The van der Waals surface area contributed by atoms with Crippen molar-refractivity contribution in [1.29, 1.82) is 0 Å². The van der Waals surface area contributed by atoms with Gasteiger partial charge in [-0.3, -0.25) is 24.3 Å². The minimum atomic E-state index is -0.165. The lowest BCUT2D eigenvalue weighted by Gasteiger charge is -2.18. The van der Waals surface area contributed by atoms with E-state index in [1.54, 1.807) is 13.1 Å². The molecule has 1 saturated heterocycles. The SMILES string of the molecule is CN=C(NCCC(=O)Nc1cccc(C)n1)NCCN1C(=O)C2C3C=CC(C3)C2C1=O. The fraction of sp³-hybridized carbons (Fsp3) is 0.500. The first-order chi connectivity index (χ1) is 15.0. The number of pyridine rings is 1. The molecule has 0 radical (unpaired) electrons. The highest BCUT2D eigenvalue weighted by Crippen LogP contribution is 2.52. The number of carbonyl (C=O) groups excluding carboxylic acids is 3. The summed E-state index contributed by atoms with van der Waals surface area (Å²) in [4.78, 5) is 47.2. The molecular formula is C22H28N6O3. The van der Waals surface area contributed by atoms with E-state index in [2.05, 4.69) is 38.1 Å². The number of imide groups is 1. The van der Waals surface area contributed by atoms with Crippen molar-refractivity contribution >= 4 is 29.5 Å². The van der Waals surface area contributed by atoms with Crippen LogP contribution in [-0.2, 0) is 14.4 Å². The summed E-state index contributed by atoms with van der Waals surface area (Å²) in [6.07, 6.45) is 5.37. The van der Waals surface area contributed by atoms with E-state index < -0.39 is 0 Å². The second-order valence-corrected chi connectivity index (χ2v) is 8.22. The van der Waals surface area contributed by atoms with E-state index in [0.29, 0.717) is 31.4 Å². The molecule has 3 aliphatic rings. The van der Waals surface area contributed by atoms with E-state index in [4.69, 9.17) is 0 Å². The summed E-state index contributed by atoms with van der Waals surface area (Å²) in [6, 6.07) is 5.45. The number of carbonyl (C=O) groups is 3. The Hall–Kier alpha value is -3.23. The number of rotatable bonds is 7. The third kappa shape index (κ3) is 4.30. The average molecular weight is 425 g/mol. The van der Waals surface area contributed by atoms with Gasteiger partial charge in [0.15, 0.2) is 5.96 Å². The monoisotopic (exact) mass is 424 g/mol. The number of aliphatic imine (C=N–C) groups is 1. The minimum absolute atomic E-state index is 0.0435. The number of hydrogen-bond donors (Lipinski definition) is 3. The number of likely N-dealkylation sites (tertiary alicyclic amines) is 1. The maximum Gasteiger partial charge on any atom is 0.233 e. The number of allylic oxidation sites excluding steroid dienone is 2. The number of amides is 3. The predicted octanol–water partition coefficient (Wildman–Crippen LogP) is 0.691. The van der Waals surface area contributed by atoms with Crippen LogP contribution in [0.15, 0.2) is 35.3 Å². The zero-order valence-electron chi connectivity index (χ0n) is 17.8. The first-order valence-electron chi connectivity index (χ1n) is 10.7. The van der Waals surface area contributed by atoms with Crippen LogP contribution >= 0.6 is 0 Å². The van der Waals surface area contributed by atoms with Crippen molar-refractivity contribution in [3.05, 3.63) is 36.0 Å². The Balaban J connectivity index is 1.18. The molecule has 4 unspecified atom stereocenters. The fourth-order valence-corrected chi connectivity index (χ4v) is 4.80. The van der Waals surface area contributed by atoms with Crippen LogP contribution in [0.5, 0.6) is 0 Å². The van der Waals surface area contributed by atoms with Crippen molar-refractivity contribution in [3.63, 3.8) is 0 Å². The Labute approximate surface area is 181 Å². The number of nitrogens with one attached hydrogen (secondary N) is 3. The largest absolute Gasteiger partial charge is 0.356 e. The number of nitrogens with zero attached hydrogens (tertiary/aromatic N) is 3. The van der Waals surface area contributed by atoms with Gasteiger partial charge in [-0.05, 0) is 37.3 Å². The molecular weight excluding hydrogens is 396 g/mol. The number of aryl methyl sites for hydroxylation is 1. The molecule has 1 aromatic rings. The number of fused-ring (bicyclic) bond motifs is 5. The Bertz CT molecular complexity index is 913. The van der Waals surface area contributed by atoms with Crippen molar-refractivity contribution in [2.75, 3.05) is 32.0 Å². The van der Waals surface area contributed by atoms with Gasteiger partial charge in [-0.2, -0.15) is 0 Å². The Morgan fingerprint density at radius 1 is 1.13 bits per heavy atom. The summed E-state index contributed by atoms with van der Waals surface area (Å²) in [5.74, 6) is 0.922. The van der Waals surface area contributed by atoms with E-state index in [-0.39, 0.29) is 47.8 Å². The standard InChI is InChI=1S/C22H28N6O3/c1-13-4-3-5-16(26-13)27-17(29)8-9-24-22(23-2)25-10-11-28-20(30)18-14-6-7-15(12-14)19(18)21(28)31/h3-7,14-15,18-19H,8-12H2,1-2H3,(H2,23,24,25)(H,26,27,29). The first-order valence-corrected chi connectivity index (χ1v) is 10.7. The van der Waals surface area contributed by atoms with Crippen molar-refractivity contribution < 1.29 is 14.4 Å². The molecule has 2 bridgehead atoms. The molecule has 1 saturated carbocycles. The lowest BCUT2D eigenvalue weighted by atomic mass is 9.85. The molecule has 2 heterocycles. The van der Waals surface area contributed by atoms with Crippen LogP contribution in [0.25, 0.3) is 0 Å². The number of anilines is 1. The van der Waals surface area contributed by atoms with E-state index in [1.165, 1.54) is 4.90 Å². The summed E-state index contributed by atoms with van der Waals surface area (Å²) >= 11 is 0. The van der Waals surface area contributed by atoms with Crippen LogP contribution in [-0.4, -0.2) is 60.2 Å². The molecule has 164 valence electrons. The third-order valence-electron chi connectivity index (χ3n) is 6.21. The van der Waals surface area contributed by atoms with Gasteiger partial charge in [0.2, 0.25) is 17.7 Å². The van der Waals surface area contributed by atoms with Crippen LogP contribution in [0.2, 0.25) is 0 Å². The van der Waals surface area contributed by atoms with Gasteiger partial charge < -0.3 is 16.0 Å². The Morgan fingerprint density at radius 3 is 2.45 bits per heavy atom. The molecule has 31 heavy (non-hydrogen) atoms. The van der Waals surface area contributed by atoms with Gasteiger partial charge in [0, 0.05) is 38.8 Å². The molecule has 1 aromatic heterocycles. The van der Waals surface area contributed by atoms with Crippen molar-refractivity contribution in [1.82, 2.24) is 20.5 Å².